The van der Waals surface area contributed by atoms with Gasteiger partial charge < -0.3 is 10.2 Å². The van der Waals surface area contributed by atoms with Crippen LogP contribution in [0.25, 0.3) is 22.2 Å². The van der Waals surface area contributed by atoms with Gasteiger partial charge in [0.2, 0.25) is 5.71 Å². The predicted molar refractivity (Wildman–Crippen MR) is 77.6 cm³/mol. The highest BCUT2D eigenvalue weighted by Crippen LogP contribution is 2.38. The highest BCUT2D eigenvalue weighted by molar-refractivity contribution is 6.05. The van der Waals surface area contributed by atoms with Crippen LogP contribution < -0.4 is 5.73 Å². The number of nitrogen functional groups attached to an aromatic ring is 1. The van der Waals surface area contributed by atoms with Crippen LogP contribution in [-0.4, -0.2) is 15.0 Å². The van der Waals surface area contributed by atoms with E-state index in [0.717, 1.165) is 40.8 Å². The molecule has 1 aliphatic rings. The van der Waals surface area contributed by atoms with E-state index in [9.17, 15) is 0 Å². The molecule has 1 fully saturated rings. The molecule has 1 aliphatic carbocycles. The average Bonchev–Trinajstić information content (AvgIpc) is 2.65. The number of aryl methyl sites for hydroxylation is 2. The maximum Gasteiger partial charge on any atom is 0.229 e. The summed E-state index contributed by atoms with van der Waals surface area (Å²) < 4.78 is 5.77. The Morgan fingerprint density at radius 1 is 1.20 bits per heavy atom. The summed E-state index contributed by atoms with van der Waals surface area (Å²) in [7, 11) is 0. The Hall–Kier alpha value is -2.17. The number of furan rings is 1. The van der Waals surface area contributed by atoms with Crippen LogP contribution in [0, 0.1) is 13.8 Å². The lowest BCUT2D eigenvalue weighted by Crippen LogP contribution is -2.13. The van der Waals surface area contributed by atoms with Crippen LogP contribution in [0.1, 0.15) is 42.3 Å². The van der Waals surface area contributed by atoms with Crippen molar-refractivity contribution < 1.29 is 4.42 Å². The predicted octanol–water partition coefficient (Wildman–Crippen LogP) is 3.24. The SMILES string of the molecule is Cc1cc(C)c2c(n1)oc1c(N)nc(C3CCC3)nc12. The van der Waals surface area contributed by atoms with Crippen molar-refractivity contribution in [1.82, 2.24) is 15.0 Å². The molecule has 0 aromatic carbocycles. The second kappa shape index (κ2) is 3.91. The van der Waals surface area contributed by atoms with Crippen molar-refractivity contribution in [1.29, 1.82) is 0 Å². The van der Waals surface area contributed by atoms with Gasteiger partial charge in [0.15, 0.2) is 11.4 Å². The Bertz CT molecular complexity index is 833. The Morgan fingerprint density at radius 2 is 2.00 bits per heavy atom. The molecule has 3 aromatic rings. The second-order valence-corrected chi connectivity index (χ2v) is 5.64. The summed E-state index contributed by atoms with van der Waals surface area (Å²) in [4.78, 5) is 13.6. The molecule has 0 atom stereocenters. The Kier molecular flexibility index (Phi) is 2.28. The maximum absolute atomic E-state index is 6.05. The van der Waals surface area contributed by atoms with E-state index in [4.69, 9.17) is 15.1 Å². The number of nitrogens with zero attached hydrogens (tertiary/aromatic N) is 3. The van der Waals surface area contributed by atoms with Gasteiger partial charge in [0.25, 0.3) is 0 Å². The molecule has 2 N–H and O–H groups in total. The Labute approximate surface area is 116 Å². The molecule has 0 bridgehead atoms. The van der Waals surface area contributed by atoms with Gasteiger partial charge in [-0.1, -0.05) is 6.42 Å². The summed E-state index contributed by atoms with van der Waals surface area (Å²) in [6, 6.07) is 2.04. The van der Waals surface area contributed by atoms with Crippen LogP contribution >= 0.6 is 0 Å². The minimum absolute atomic E-state index is 0.423. The first-order valence-electron chi connectivity index (χ1n) is 6.97. The van der Waals surface area contributed by atoms with Gasteiger partial charge in [-0.3, -0.25) is 0 Å². The van der Waals surface area contributed by atoms with E-state index in [1.54, 1.807) is 0 Å². The van der Waals surface area contributed by atoms with Crippen molar-refractivity contribution in [3.63, 3.8) is 0 Å². The smallest absolute Gasteiger partial charge is 0.229 e. The van der Waals surface area contributed by atoms with Crippen LogP contribution in [-0.2, 0) is 0 Å². The Morgan fingerprint density at radius 3 is 2.70 bits per heavy atom. The topological polar surface area (TPSA) is 77.8 Å². The third kappa shape index (κ3) is 1.52. The molecule has 5 nitrogen and oxygen atoms in total. The molecule has 0 unspecified atom stereocenters. The number of rotatable bonds is 1. The number of pyridine rings is 1. The molecule has 102 valence electrons. The van der Waals surface area contributed by atoms with Gasteiger partial charge in [0.05, 0.1) is 5.39 Å². The first kappa shape index (κ1) is 11.6. The summed E-state index contributed by atoms with van der Waals surface area (Å²) in [5.41, 5.74) is 10.1. The first-order valence-corrected chi connectivity index (χ1v) is 6.97. The van der Waals surface area contributed by atoms with Crippen molar-refractivity contribution in [2.45, 2.75) is 39.0 Å². The number of hydrogen-bond donors (Lipinski definition) is 1. The van der Waals surface area contributed by atoms with Gasteiger partial charge in [-0.25, -0.2) is 15.0 Å². The summed E-state index contributed by atoms with van der Waals surface area (Å²) in [6.07, 6.45) is 3.55. The molecule has 5 heteroatoms. The van der Waals surface area contributed by atoms with Crippen molar-refractivity contribution in [3.05, 3.63) is 23.1 Å². The molecule has 3 aromatic heterocycles. The lowest BCUT2D eigenvalue weighted by molar-refractivity contribution is 0.402. The van der Waals surface area contributed by atoms with E-state index in [0.29, 0.717) is 23.0 Å². The number of aromatic nitrogens is 3. The van der Waals surface area contributed by atoms with E-state index >= 15 is 0 Å². The molecule has 0 spiro atoms. The molecular formula is C15H16N4O. The van der Waals surface area contributed by atoms with Crippen LogP contribution in [0.3, 0.4) is 0 Å². The number of hydrogen-bond acceptors (Lipinski definition) is 5. The minimum atomic E-state index is 0.423. The molecule has 1 saturated carbocycles. The zero-order valence-corrected chi connectivity index (χ0v) is 11.6. The molecule has 0 amide bonds. The normalized spacial score (nSPS) is 15.9. The van der Waals surface area contributed by atoms with E-state index < -0.39 is 0 Å². The minimum Gasteiger partial charge on any atom is -0.432 e. The van der Waals surface area contributed by atoms with Gasteiger partial charge >= 0.3 is 0 Å². The fraction of sp³-hybridized carbons (Fsp3) is 0.400. The van der Waals surface area contributed by atoms with Crippen LogP contribution in [0.2, 0.25) is 0 Å². The zero-order chi connectivity index (χ0) is 13.9. The molecule has 0 aliphatic heterocycles. The number of fused-ring (bicyclic) bond motifs is 3. The van der Waals surface area contributed by atoms with Crippen molar-refractivity contribution >= 4 is 28.0 Å². The fourth-order valence-electron chi connectivity index (χ4n) is 2.87. The lowest BCUT2D eigenvalue weighted by Gasteiger charge is -2.23. The highest BCUT2D eigenvalue weighted by Gasteiger charge is 2.25. The van der Waals surface area contributed by atoms with Gasteiger partial charge in [0, 0.05) is 11.6 Å². The van der Waals surface area contributed by atoms with E-state index in [-0.39, 0.29) is 0 Å². The van der Waals surface area contributed by atoms with Crippen molar-refractivity contribution in [2.24, 2.45) is 0 Å². The molecular weight excluding hydrogens is 252 g/mol. The van der Waals surface area contributed by atoms with Crippen molar-refractivity contribution in [2.75, 3.05) is 5.73 Å². The summed E-state index contributed by atoms with van der Waals surface area (Å²) in [5, 5.41) is 0.959. The van der Waals surface area contributed by atoms with Crippen molar-refractivity contribution in [3.8, 4) is 0 Å². The van der Waals surface area contributed by atoms with Gasteiger partial charge in [-0.15, -0.1) is 0 Å². The molecule has 20 heavy (non-hydrogen) atoms. The van der Waals surface area contributed by atoms with Gasteiger partial charge in [-0.2, -0.15) is 0 Å². The quantitative estimate of drug-likeness (QED) is 0.733. The van der Waals surface area contributed by atoms with E-state index in [1.165, 1.54) is 6.42 Å². The molecule has 3 heterocycles. The average molecular weight is 268 g/mol. The Balaban J connectivity index is 2.08. The molecule has 4 rings (SSSR count). The third-order valence-corrected chi connectivity index (χ3v) is 4.13. The first-order chi connectivity index (χ1) is 9.63. The van der Waals surface area contributed by atoms with E-state index in [1.807, 2.05) is 19.9 Å². The van der Waals surface area contributed by atoms with Crippen LogP contribution in [0.4, 0.5) is 5.82 Å². The molecule has 0 saturated heterocycles. The summed E-state index contributed by atoms with van der Waals surface area (Å²) in [5.74, 6) is 1.72. The third-order valence-electron chi connectivity index (χ3n) is 4.13. The van der Waals surface area contributed by atoms with Crippen LogP contribution in [0.5, 0.6) is 0 Å². The largest absolute Gasteiger partial charge is 0.432 e. The zero-order valence-electron chi connectivity index (χ0n) is 11.6. The van der Waals surface area contributed by atoms with Gasteiger partial charge in [-0.05, 0) is 38.3 Å². The lowest BCUT2D eigenvalue weighted by atomic mass is 9.85. The molecule has 0 radical (unpaired) electrons. The second-order valence-electron chi connectivity index (χ2n) is 5.64. The number of anilines is 1. The monoisotopic (exact) mass is 268 g/mol. The van der Waals surface area contributed by atoms with Crippen LogP contribution in [0.15, 0.2) is 10.5 Å². The summed E-state index contributed by atoms with van der Waals surface area (Å²) >= 11 is 0. The highest BCUT2D eigenvalue weighted by atomic mass is 16.3. The fourth-order valence-corrected chi connectivity index (χ4v) is 2.87. The van der Waals surface area contributed by atoms with E-state index in [2.05, 4.69) is 9.97 Å². The number of nitrogens with two attached hydrogens (primary N) is 1. The standard InChI is InChI=1S/C15H16N4O/c1-7-6-8(2)17-15-10(7)11-12(20-15)13(16)19-14(18-11)9-4-3-5-9/h6,9H,3-5H2,1-2H3,(H2,16,18,19). The maximum atomic E-state index is 6.05. The van der Waals surface area contributed by atoms with Gasteiger partial charge in [0.1, 0.15) is 11.3 Å². The summed E-state index contributed by atoms with van der Waals surface area (Å²) in [6.45, 7) is 4.00.